The van der Waals surface area contributed by atoms with Crippen molar-refractivity contribution in [3.63, 3.8) is 0 Å². The number of hydrogen-bond acceptors (Lipinski definition) is 5. The number of esters is 1. The van der Waals surface area contributed by atoms with Crippen LogP contribution in [0.25, 0.3) is 0 Å². The van der Waals surface area contributed by atoms with E-state index in [1.54, 1.807) is 17.2 Å². The van der Waals surface area contributed by atoms with Crippen molar-refractivity contribution in [3.05, 3.63) is 47.2 Å². The standard InChI is InChI=1S/C22H28N2O5/c1-4-7-21(26)23-10-5-9-19(23)22(27)29-14-20(25)18-12-15(2)24(16(18)3)13-17-8-6-11-28-17/h6,8,11-12,19H,4-5,7,9-10,13-14H2,1-3H3. The Labute approximate surface area is 170 Å². The zero-order valence-electron chi connectivity index (χ0n) is 17.3. The van der Waals surface area contributed by atoms with Gasteiger partial charge in [-0.15, -0.1) is 0 Å². The van der Waals surface area contributed by atoms with E-state index < -0.39 is 12.0 Å². The Kier molecular flexibility index (Phi) is 6.56. The Morgan fingerprint density at radius 1 is 1.28 bits per heavy atom. The maximum absolute atomic E-state index is 12.7. The number of aryl methyl sites for hydroxylation is 1. The van der Waals surface area contributed by atoms with Crippen molar-refractivity contribution in [2.45, 2.75) is 59.0 Å². The minimum atomic E-state index is -0.576. The molecule has 1 aliphatic rings. The third-order valence-electron chi connectivity index (χ3n) is 5.42. The van der Waals surface area contributed by atoms with E-state index in [-0.39, 0.29) is 18.3 Å². The average Bonchev–Trinajstić information content (AvgIpc) is 3.43. The van der Waals surface area contributed by atoms with Crippen molar-refractivity contribution in [1.29, 1.82) is 0 Å². The van der Waals surface area contributed by atoms with E-state index in [1.165, 1.54) is 0 Å². The van der Waals surface area contributed by atoms with Gasteiger partial charge in [0.1, 0.15) is 11.8 Å². The van der Waals surface area contributed by atoms with Crippen molar-refractivity contribution in [3.8, 4) is 0 Å². The average molecular weight is 400 g/mol. The van der Waals surface area contributed by atoms with Crippen LogP contribution in [0.2, 0.25) is 0 Å². The van der Waals surface area contributed by atoms with Crippen molar-refractivity contribution < 1.29 is 23.5 Å². The molecule has 1 amide bonds. The third-order valence-corrected chi connectivity index (χ3v) is 5.42. The van der Waals surface area contributed by atoms with E-state index in [9.17, 15) is 14.4 Å². The lowest BCUT2D eigenvalue weighted by atomic mass is 10.1. The maximum Gasteiger partial charge on any atom is 0.329 e. The Balaban J connectivity index is 1.62. The summed E-state index contributed by atoms with van der Waals surface area (Å²) in [4.78, 5) is 38.9. The largest absolute Gasteiger partial charge is 0.467 e. The smallest absolute Gasteiger partial charge is 0.329 e. The molecule has 156 valence electrons. The molecule has 0 aromatic carbocycles. The van der Waals surface area contributed by atoms with Crippen molar-refractivity contribution in [2.24, 2.45) is 0 Å². The molecule has 7 nitrogen and oxygen atoms in total. The second-order valence-corrected chi connectivity index (χ2v) is 7.48. The SMILES string of the molecule is CCCC(=O)N1CCCC1C(=O)OCC(=O)c1cc(C)n(Cc2ccco2)c1C. The quantitative estimate of drug-likeness (QED) is 0.502. The first kappa shape index (κ1) is 20.9. The van der Waals surface area contributed by atoms with Crippen LogP contribution in [0.4, 0.5) is 0 Å². The van der Waals surface area contributed by atoms with Crippen LogP contribution >= 0.6 is 0 Å². The highest BCUT2D eigenvalue weighted by Crippen LogP contribution is 2.21. The zero-order valence-corrected chi connectivity index (χ0v) is 17.3. The second-order valence-electron chi connectivity index (χ2n) is 7.48. The van der Waals surface area contributed by atoms with Gasteiger partial charge in [0.2, 0.25) is 11.7 Å². The molecule has 0 bridgehead atoms. The molecular formula is C22H28N2O5. The first-order chi connectivity index (χ1) is 13.9. The number of hydrogen-bond donors (Lipinski definition) is 0. The number of carbonyl (C=O) groups is 3. The number of ketones is 1. The van der Waals surface area contributed by atoms with E-state index in [2.05, 4.69) is 0 Å². The topological polar surface area (TPSA) is 81.8 Å². The van der Waals surface area contributed by atoms with Gasteiger partial charge in [-0.05, 0) is 51.3 Å². The van der Waals surface area contributed by atoms with E-state index in [0.717, 1.165) is 30.0 Å². The van der Waals surface area contributed by atoms with Gasteiger partial charge in [0, 0.05) is 29.9 Å². The van der Waals surface area contributed by atoms with E-state index >= 15 is 0 Å². The highest BCUT2D eigenvalue weighted by molar-refractivity contribution is 5.99. The van der Waals surface area contributed by atoms with Crippen LogP contribution in [0.5, 0.6) is 0 Å². The molecule has 2 aromatic rings. The molecule has 0 radical (unpaired) electrons. The number of furan rings is 1. The van der Waals surface area contributed by atoms with Gasteiger partial charge in [0.25, 0.3) is 0 Å². The third kappa shape index (κ3) is 4.60. The van der Waals surface area contributed by atoms with Crippen LogP contribution in [0.15, 0.2) is 28.9 Å². The Morgan fingerprint density at radius 2 is 2.07 bits per heavy atom. The van der Waals surface area contributed by atoms with Crippen LogP contribution in [0, 0.1) is 13.8 Å². The molecule has 0 N–H and O–H groups in total. The fourth-order valence-corrected chi connectivity index (χ4v) is 3.86. The van der Waals surface area contributed by atoms with Crippen LogP contribution in [-0.4, -0.2) is 46.3 Å². The fourth-order valence-electron chi connectivity index (χ4n) is 3.86. The molecule has 7 heteroatoms. The number of likely N-dealkylation sites (tertiary alicyclic amines) is 1. The van der Waals surface area contributed by atoms with Gasteiger partial charge in [-0.25, -0.2) is 4.79 Å². The van der Waals surface area contributed by atoms with Crippen LogP contribution < -0.4 is 0 Å². The Morgan fingerprint density at radius 3 is 2.76 bits per heavy atom. The van der Waals surface area contributed by atoms with Gasteiger partial charge in [-0.3, -0.25) is 9.59 Å². The summed E-state index contributed by atoms with van der Waals surface area (Å²) < 4.78 is 12.7. The molecule has 0 saturated carbocycles. The van der Waals surface area contributed by atoms with Crippen molar-refractivity contribution in [2.75, 3.05) is 13.2 Å². The summed E-state index contributed by atoms with van der Waals surface area (Å²) in [6.45, 7) is 6.51. The molecule has 1 atom stereocenters. The van der Waals surface area contributed by atoms with Gasteiger partial charge < -0.3 is 18.6 Å². The molecule has 1 aliphatic heterocycles. The molecular weight excluding hydrogens is 372 g/mol. The fraction of sp³-hybridized carbons (Fsp3) is 0.500. The van der Waals surface area contributed by atoms with Gasteiger partial charge >= 0.3 is 5.97 Å². The monoisotopic (exact) mass is 400 g/mol. The number of carbonyl (C=O) groups excluding carboxylic acids is 3. The van der Waals surface area contributed by atoms with Gasteiger partial charge in [-0.1, -0.05) is 6.92 Å². The normalized spacial score (nSPS) is 16.2. The molecule has 3 rings (SSSR count). The first-order valence-corrected chi connectivity index (χ1v) is 10.1. The number of amides is 1. The number of rotatable bonds is 8. The molecule has 29 heavy (non-hydrogen) atoms. The molecule has 2 aromatic heterocycles. The first-order valence-electron chi connectivity index (χ1n) is 10.1. The zero-order chi connectivity index (χ0) is 21.0. The molecule has 0 aliphatic carbocycles. The Bertz CT molecular complexity index is 881. The van der Waals surface area contributed by atoms with E-state index in [4.69, 9.17) is 9.15 Å². The number of Topliss-reactive ketones (excluding diaryl/α,β-unsaturated/α-hetero) is 1. The minimum Gasteiger partial charge on any atom is -0.467 e. The van der Waals surface area contributed by atoms with E-state index in [0.29, 0.717) is 31.5 Å². The summed E-state index contributed by atoms with van der Waals surface area (Å²) in [5, 5.41) is 0. The second kappa shape index (κ2) is 9.11. The van der Waals surface area contributed by atoms with Gasteiger partial charge in [0.15, 0.2) is 6.61 Å². The molecule has 1 fully saturated rings. The van der Waals surface area contributed by atoms with Crippen molar-refractivity contribution in [1.82, 2.24) is 9.47 Å². The van der Waals surface area contributed by atoms with Crippen LogP contribution in [0.3, 0.4) is 0 Å². The molecule has 0 spiro atoms. The predicted molar refractivity (Wildman–Crippen MR) is 107 cm³/mol. The highest BCUT2D eigenvalue weighted by Gasteiger charge is 2.35. The van der Waals surface area contributed by atoms with Gasteiger partial charge in [-0.2, -0.15) is 0 Å². The molecule has 1 saturated heterocycles. The maximum atomic E-state index is 12.7. The van der Waals surface area contributed by atoms with Crippen LogP contribution in [0.1, 0.15) is 60.1 Å². The van der Waals surface area contributed by atoms with Crippen LogP contribution in [-0.2, 0) is 20.9 Å². The van der Waals surface area contributed by atoms with E-state index in [1.807, 2.05) is 37.5 Å². The number of aromatic nitrogens is 1. The highest BCUT2D eigenvalue weighted by atomic mass is 16.5. The lowest BCUT2D eigenvalue weighted by molar-refractivity contribution is -0.152. The summed E-state index contributed by atoms with van der Waals surface area (Å²) in [7, 11) is 0. The lowest BCUT2D eigenvalue weighted by Gasteiger charge is -2.23. The lowest BCUT2D eigenvalue weighted by Crippen LogP contribution is -2.41. The summed E-state index contributed by atoms with van der Waals surface area (Å²) in [5.41, 5.74) is 2.27. The minimum absolute atomic E-state index is 0.0280. The van der Waals surface area contributed by atoms with Crippen molar-refractivity contribution >= 4 is 17.7 Å². The van der Waals surface area contributed by atoms with Gasteiger partial charge in [0.05, 0.1) is 12.8 Å². The predicted octanol–water partition coefficient (Wildman–Crippen LogP) is 3.26. The summed E-state index contributed by atoms with van der Waals surface area (Å²) >= 11 is 0. The summed E-state index contributed by atoms with van der Waals surface area (Å²) in [6.07, 6.45) is 4.14. The summed E-state index contributed by atoms with van der Waals surface area (Å²) in [5.74, 6) is 0.0290. The number of nitrogens with zero attached hydrogens (tertiary/aromatic N) is 2. The molecule has 3 heterocycles. The Hall–Kier alpha value is -2.83. The molecule has 1 unspecified atom stereocenters. The summed E-state index contributed by atoms with van der Waals surface area (Å²) in [6, 6.07) is 4.94. The number of ether oxygens (including phenoxy) is 1.